The molecule has 2 atom stereocenters. The van der Waals surface area contributed by atoms with E-state index in [2.05, 4.69) is 5.32 Å². The van der Waals surface area contributed by atoms with E-state index in [0.717, 1.165) is 13.0 Å². The average Bonchev–Trinajstić information content (AvgIpc) is 2.15. The Kier molecular flexibility index (Phi) is 5.72. The second-order valence-corrected chi connectivity index (χ2v) is 4.32. The normalized spacial score (nSPS) is 29.9. The molecule has 4 heteroatoms. The van der Waals surface area contributed by atoms with E-state index in [1.54, 1.807) is 12.5 Å². The minimum absolute atomic E-state index is 0.0972. The molecule has 68 valence electrons. The molecule has 1 fully saturated rings. The summed E-state index contributed by atoms with van der Waals surface area (Å²) in [6.45, 7) is 2.97. The van der Waals surface area contributed by atoms with Gasteiger partial charge in [0.15, 0.2) is 0 Å². The summed E-state index contributed by atoms with van der Waals surface area (Å²) in [5.74, 6) is 0. The van der Waals surface area contributed by atoms with Crippen LogP contribution in [0.4, 0.5) is 0 Å². The van der Waals surface area contributed by atoms with Gasteiger partial charge in [0, 0.05) is 29.4 Å². The highest BCUT2D eigenvalue weighted by molar-refractivity contribution is 7.83. The second-order valence-electron chi connectivity index (χ2n) is 2.84. The summed E-state index contributed by atoms with van der Waals surface area (Å²) in [6, 6.07) is 0.319. The highest BCUT2D eigenvalue weighted by Crippen LogP contribution is 2.03. The van der Waals surface area contributed by atoms with E-state index >= 15 is 0 Å². The highest BCUT2D eigenvalue weighted by Gasteiger charge is 2.18. The standard InChI is InChI=1S/C5H11NO.C2H6OS/c1-4-5(7)2-3-6-4;1-4(2)3/h4-7H,2-3H2,1H3;1-2H3/t4-,5-;/m0./s1. The summed E-state index contributed by atoms with van der Waals surface area (Å²) in [5.41, 5.74) is 0. The largest absolute Gasteiger partial charge is 0.391 e. The second kappa shape index (κ2) is 5.69. The highest BCUT2D eigenvalue weighted by atomic mass is 32.2. The fourth-order valence-corrected chi connectivity index (χ4v) is 0.845. The molecule has 0 amide bonds. The number of hydrogen-bond donors (Lipinski definition) is 2. The summed E-state index contributed by atoms with van der Waals surface area (Å²) in [4.78, 5) is 0. The zero-order valence-corrected chi connectivity index (χ0v) is 8.15. The van der Waals surface area contributed by atoms with Gasteiger partial charge in [-0.25, -0.2) is 0 Å². The van der Waals surface area contributed by atoms with Crippen molar-refractivity contribution in [2.75, 3.05) is 19.1 Å². The molecule has 0 unspecified atom stereocenters. The van der Waals surface area contributed by atoms with Crippen molar-refractivity contribution in [1.82, 2.24) is 5.32 Å². The first-order valence-electron chi connectivity index (χ1n) is 3.70. The summed E-state index contributed by atoms with van der Waals surface area (Å²) < 4.78 is 9.56. The summed E-state index contributed by atoms with van der Waals surface area (Å²) in [6.07, 6.45) is 4.10. The van der Waals surface area contributed by atoms with Crippen LogP contribution in [0.15, 0.2) is 0 Å². The van der Waals surface area contributed by atoms with Gasteiger partial charge in [0.05, 0.1) is 6.10 Å². The molecule has 0 aromatic rings. The molecule has 0 aromatic heterocycles. The Morgan fingerprint density at radius 2 is 2.00 bits per heavy atom. The lowest BCUT2D eigenvalue weighted by Crippen LogP contribution is -2.25. The Morgan fingerprint density at radius 3 is 2.09 bits per heavy atom. The average molecular weight is 179 g/mol. The maximum atomic E-state index is 9.56. The Hall–Kier alpha value is 0.0700. The van der Waals surface area contributed by atoms with Crippen molar-refractivity contribution in [2.45, 2.75) is 25.5 Å². The fraction of sp³-hybridized carbons (Fsp3) is 1.00. The molecule has 0 spiro atoms. The Bertz CT molecular complexity index is 118. The molecule has 2 N–H and O–H groups in total. The predicted molar refractivity (Wildman–Crippen MR) is 48.1 cm³/mol. The molecular weight excluding hydrogens is 162 g/mol. The van der Waals surface area contributed by atoms with Gasteiger partial charge in [0.2, 0.25) is 0 Å². The lowest BCUT2D eigenvalue weighted by Gasteiger charge is -2.04. The van der Waals surface area contributed by atoms with Crippen LogP contribution < -0.4 is 5.32 Å². The molecule has 0 aliphatic carbocycles. The monoisotopic (exact) mass is 179 g/mol. The van der Waals surface area contributed by atoms with Crippen LogP contribution in [0, 0.1) is 0 Å². The molecule has 1 heterocycles. The molecule has 0 aromatic carbocycles. The van der Waals surface area contributed by atoms with Crippen LogP contribution in [-0.2, 0) is 10.8 Å². The van der Waals surface area contributed by atoms with Crippen molar-refractivity contribution >= 4 is 10.8 Å². The first kappa shape index (κ1) is 11.1. The van der Waals surface area contributed by atoms with E-state index < -0.39 is 10.8 Å². The van der Waals surface area contributed by atoms with E-state index in [-0.39, 0.29) is 6.10 Å². The van der Waals surface area contributed by atoms with Gasteiger partial charge >= 0.3 is 0 Å². The topological polar surface area (TPSA) is 49.3 Å². The van der Waals surface area contributed by atoms with Crippen molar-refractivity contribution in [3.8, 4) is 0 Å². The van der Waals surface area contributed by atoms with E-state index in [0.29, 0.717) is 6.04 Å². The van der Waals surface area contributed by atoms with Crippen LogP contribution in [-0.4, -0.2) is 40.5 Å². The minimum Gasteiger partial charge on any atom is -0.391 e. The lowest BCUT2D eigenvalue weighted by atomic mass is 10.2. The van der Waals surface area contributed by atoms with Crippen molar-refractivity contribution in [3.63, 3.8) is 0 Å². The van der Waals surface area contributed by atoms with Gasteiger partial charge in [-0.15, -0.1) is 0 Å². The molecule has 1 aliphatic heterocycles. The van der Waals surface area contributed by atoms with E-state index in [1.807, 2.05) is 6.92 Å². The number of rotatable bonds is 0. The lowest BCUT2D eigenvalue weighted by molar-refractivity contribution is 0.166. The Balaban J connectivity index is 0.000000218. The van der Waals surface area contributed by atoms with Crippen molar-refractivity contribution in [2.24, 2.45) is 0 Å². The third kappa shape index (κ3) is 6.47. The molecule has 0 saturated carbocycles. The number of aliphatic hydroxyl groups excluding tert-OH is 1. The zero-order valence-electron chi connectivity index (χ0n) is 7.33. The van der Waals surface area contributed by atoms with Gasteiger partial charge in [-0.05, 0) is 19.9 Å². The first-order chi connectivity index (χ1) is 5.04. The Labute approximate surface area is 70.6 Å². The maximum absolute atomic E-state index is 9.56. The predicted octanol–water partition coefficient (Wildman–Crippen LogP) is -0.276. The van der Waals surface area contributed by atoms with E-state index in [1.165, 1.54) is 0 Å². The smallest absolute Gasteiger partial charge is 0.0702 e. The quantitative estimate of drug-likeness (QED) is 0.538. The molecule has 3 nitrogen and oxygen atoms in total. The number of hydrogen-bond acceptors (Lipinski definition) is 3. The Morgan fingerprint density at radius 1 is 1.55 bits per heavy atom. The minimum atomic E-state index is -0.611. The van der Waals surface area contributed by atoms with E-state index in [9.17, 15) is 4.21 Å². The van der Waals surface area contributed by atoms with Crippen LogP contribution in [0.5, 0.6) is 0 Å². The van der Waals surface area contributed by atoms with Gasteiger partial charge in [-0.2, -0.15) is 0 Å². The summed E-state index contributed by atoms with van der Waals surface area (Å²) >= 11 is 0. The molecule has 1 rings (SSSR count). The summed E-state index contributed by atoms with van der Waals surface area (Å²) in [5, 5.41) is 12.1. The van der Waals surface area contributed by atoms with Gasteiger partial charge in [-0.3, -0.25) is 4.21 Å². The van der Waals surface area contributed by atoms with Gasteiger partial charge < -0.3 is 10.4 Å². The first-order valence-corrected chi connectivity index (χ1v) is 5.67. The SMILES string of the molecule is CS(C)=O.C[C@@H]1NCC[C@@H]1O. The third-order valence-electron chi connectivity index (χ3n) is 1.48. The van der Waals surface area contributed by atoms with Crippen molar-refractivity contribution < 1.29 is 9.32 Å². The molecular formula is C7H17NO2S. The van der Waals surface area contributed by atoms with Crippen LogP contribution >= 0.6 is 0 Å². The van der Waals surface area contributed by atoms with Crippen LogP contribution in [0.25, 0.3) is 0 Å². The molecule has 1 aliphatic rings. The summed E-state index contributed by atoms with van der Waals surface area (Å²) in [7, 11) is -0.611. The molecule has 11 heavy (non-hydrogen) atoms. The van der Waals surface area contributed by atoms with Gasteiger partial charge in [0.1, 0.15) is 0 Å². The fourth-order valence-electron chi connectivity index (χ4n) is 0.845. The zero-order chi connectivity index (χ0) is 8.85. The number of aliphatic hydroxyl groups is 1. The van der Waals surface area contributed by atoms with Gasteiger partial charge in [-0.1, -0.05) is 0 Å². The van der Waals surface area contributed by atoms with Crippen molar-refractivity contribution in [1.29, 1.82) is 0 Å². The number of nitrogens with one attached hydrogen (secondary N) is 1. The molecule has 1 saturated heterocycles. The van der Waals surface area contributed by atoms with Gasteiger partial charge in [0.25, 0.3) is 0 Å². The van der Waals surface area contributed by atoms with Crippen LogP contribution in [0.2, 0.25) is 0 Å². The van der Waals surface area contributed by atoms with Crippen molar-refractivity contribution in [3.05, 3.63) is 0 Å². The van der Waals surface area contributed by atoms with Crippen LogP contribution in [0.1, 0.15) is 13.3 Å². The van der Waals surface area contributed by atoms with E-state index in [4.69, 9.17) is 5.11 Å². The maximum Gasteiger partial charge on any atom is 0.0702 e. The third-order valence-corrected chi connectivity index (χ3v) is 1.48. The molecule has 0 radical (unpaired) electrons. The molecule has 0 bridgehead atoms. The van der Waals surface area contributed by atoms with Crippen LogP contribution in [0.3, 0.4) is 0 Å².